The van der Waals surface area contributed by atoms with E-state index in [9.17, 15) is 4.79 Å². The minimum atomic E-state index is -0.224. The first kappa shape index (κ1) is 12.5. The molecule has 0 radical (unpaired) electrons. The molecule has 3 rings (SSSR count). The summed E-state index contributed by atoms with van der Waals surface area (Å²) in [6.07, 6.45) is 2.10. The van der Waals surface area contributed by atoms with Crippen LogP contribution in [-0.4, -0.2) is 17.1 Å². The normalized spacial score (nSPS) is 14.1. The zero-order valence-electron chi connectivity index (χ0n) is 11.1. The van der Waals surface area contributed by atoms with Gasteiger partial charge in [-0.05, 0) is 25.0 Å². The molecule has 6 nitrogen and oxygen atoms in total. The van der Waals surface area contributed by atoms with Crippen LogP contribution in [-0.2, 0) is 0 Å². The lowest BCUT2D eigenvalue weighted by molar-refractivity contribution is 0.407. The number of aromatic amines is 1. The fourth-order valence-electron chi connectivity index (χ4n) is 1.90. The van der Waals surface area contributed by atoms with E-state index in [1.54, 1.807) is 25.3 Å². The van der Waals surface area contributed by atoms with E-state index in [2.05, 4.69) is 9.97 Å². The van der Waals surface area contributed by atoms with Crippen LogP contribution in [0.5, 0.6) is 17.4 Å². The fraction of sp³-hybridized carbons (Fsp3) is 0.286. The molecule has 0 spiro atoms. The molecule has 0 aliphatic heterocycles. The summed E-state index contributed by atoms with van der Waals surface area (Å²) in [6, 6.07) is 6.39. The third kappa shape index (κ3) is 2.59. The topological polar surface area (TPSA) is 90.2 Å². The number of benzene rings is 1. The molecule has 1 heterocycles. The summed E-state index contributed by atoms with van der Waals surface area (Å²) >= 11 is 0. The first-order valence-corrected chi connectivity index (χ1v) is 6.38. The molecule has 1 aliphatic rings. The minimum Gasteiger partial charge on any atom is -0.497 e. The Morgan fingerprint density at radius 1 is 1.35 bits per heavy atom. The van der Waals surface area contributed by atoms with E-state index < -0.39 is 0 Å². The van der Waals surface area contributed by atoms with Gasteiger partial charge in [0.25, 0.3) is 5.56 Å². The van der Waals surface area contributed by atoms with Gasteiger partial charge in [-0.1, -0.05) is 0 Å². The third-order valence-electron chi connectivity index (χ3n) is 3.14. The molecule has 20 heavy (non-hydrogen) atoms. The number of methoxy groups -OCH3 is 1. The van der Waals surface area contributed by atoms with Crippen LogP contribution >= 0.6 is 0 Å². The maximum Gasteiger partial charge on any atom is 0.254 e. The maximum absolute atomic E-state index is 11.6. The number of nitrogens with two attached hydrogens (primary N) is 1. The highest BCUT2D eigenvalue weighted by Crippen LogP contribution is 2.38. The fourth-order valence-corrected chi connectivity index (χ4v) is 1.90. The lowest BCUT2D eigenvalue weighted by Crippen LogP contribution is -2.10. The first-order valence-electron chi connectivity index (χ1n) is 6.38. The number of H-pyrrole nitrogens is 1. The Hall–Kier alpha value is -2.50. The van der Waals surface area contributed by atoms with Gasteiger partial charge in [-0.2, -0.15) is 4.98 Å². The lowest BCUT2D eigenvalue weighted by atomic mass is 10.3. The molecular formula is C14H15N3O3. The van der Waals surface area contributed by atoms with E-state index in [-0.39, 0.29) is 11.4 Å². The molecule has 1 aromatic carbocycles. The van der Waals surface area contributed by atoms with Crippen LogP contribution in [0.3, 0.4) is 0 Å². The highest BCUT2D eigenvalue weighted by Gasteiger charge is 2.26. The monoisotopic (exact) mass is 273 g/mol. The Morgan fingerprint density at radius 2 is 2.15 bits per heavy atom. The molecule has 104 valence electrons. The molecule has 6 heteroatoms. The van der Waals surface area contributed by atoms with Gasteiger partial charge in [0.05, 0.1) is 18.9 Å². The van der Waals surface area contributed by atoms with Gasteiger partial charge in [0.1, 0.15) is 11.6 Å². The summed E-state index contributed by atoms with van der Waals surface area (Å²) in [5, 5.41) is 0. The van der Waals surface area contributed by atoms with Crippen molar-refractivity contribution in [3.05, 3.63) is 40.4 Å². The van der Waals surface area contributed by atoms with Crippen LogP contribution in [0, 0.1) is 0 Å². The molecule has 1 saturated carbocycles. The molecule has 1 aliphatic carbocycles. The quantitative estimate of drug-likeness (QED) is 0.832. The Balaban J connectivity index is 1.92. The van der Waals surface area contributed by atoms with E-state index >= 15 is 0 Å². The second-order valence-electron chi connectivity index (χ2n) is 4.75. The molecule has 2 aromatic rings. The Bertz CT molecular complexity index is 692. The predicted molar refractivity (Wildman–Crippen MR) is 74.3 cm³/mol. The average molecular weight is 273 g/mol. The number of hydrogen-bond donors (Lipinski definition) is 2. The second-order valence-corrected chi connectivity index (χ2v) is 4.75. The van der Waals surface area contributed by atoms with Crippen molar-refractivity contribution in [2.75, 3.05) is 12.8 Å². The van der Waals surface area contributed by atoms with Gasteiger partial charge in [0.15, 0.2) is 5.75 Å². The molecule has 0 saturated heterocycles. The van der Waals surface area contributed by atoms with Gasteiger partial charge in [0.2, 0.25) is 5.88 Å². The van der Waals surface area contributed by atoms with Crippen molar-refractivity contribution in [2.45, 2.75) is 18.8 Å². The second kappa shape index (κ2) is 4.88. The zero-order chi connectivity index (χ0) is 14.1. The summed E-state index contributed by atoms with van der Waals surface area (Å²) in [6.45, 7) is 0. The number of aromatic nitrogens is 2. The molecule has 1 aromatic heterocycles. The van der Waals surface area contributed by atoms with Crippen molar-refractivity contribution in [1.29, 1.82) is 0 Å². The summed E-state index contributed by atoms with van der Waals surface area (Å²) < 4.78 is 10.7. The standard InChI is InChI=1S/C14H15N3O3/c1-19-9-4-5-10(15)11(6-9)20-13-7-12(18)16-14(17-13)8-2-3-8/h4-8H,2-3,15H2,1H3,(H,16,17,18). The largest absolute Gasteiger partial charge is 0.497 e. The molecular weight excluding hydrogens is 258 g/mol. The van der Waals surface area contributed by atoms with E-state index in [1.165, 1.54) is 6.07 Å². The van der Waals surface area contributed by atoms with Crippen molar-refractivity contribution in [3.8, 4) is 17.4 Å². The van der Waals surface area contributed by atoms with E-state index in [1.807, 2.05) is 0 Å². The number of nitrogens with one attached hydrogen (secondary N) is 1. The van der Waals surface area contributed by atoms with Crippen LogP contribution < -0.4 is 20.8 Å². The van der Waals surface area contributed by atoms with Crippen molar-refractivity contribution in [1.82, 2.24) is 9.97 Å². The summed E-state index contributed by atoms with van der Waals surface area (Å²) in [5.41, 5.74) is 6.08. The Kier molecular flexibility index (Phi) is 3.06. The molecule has 0 atom stereocenters. The van der Waals surface area contributed by atoms with Crippen molar-refractivity contribution in [2.24, 2.45) is 0 Å². The average Bonchev–Trinajstić information content (AvgIpc) is 3.25. The van der Waals surface area contributed by atoms with Crippen LogP contribution in [0.25, 0.3) is 0 Å². The number of ether oxygens (including phenoxy) is 2. The first-order chi connectivity index (χ1) is 9.65. The molecule has 1 fully saturated rings. The predicted octanol–water partition coefficient (Wildman–Crippen LogP) is 2.03. The molecule has 3 N–H and O–H groups in total. The zero-order valence-corrected chi connectivity index (χ0v) is 11.1. The van der Waals surface area contributed by atoms with E-state index in [0.29, 0.717) is 28.9 Å². The summed E-state index contributed by atoms with van der Waals surface area (Å²) in [7, 11) is 1.56. The number of rotatable bonds is 4. The van der Waals surface area contributed by atoms with Gasteiger partial charge in [0, 0.05) is 12.0 Å². The van der Waals surface area contributed by atoms with Crippen LogP contribution in [0.4, 0.5) is 5.69 Å². The van der Waals surface area contributed by atoms with E-state index in [4.69, 9.17) is 15.2 Å². The summed E-state index contributed by atoms with van der Waals surface area (Å²) in [4.78, 5) is 18.7. The Labute approximate surface area is 115 Å². The SMILES string of the molecule is COc1ccc(N)c(Oc2cc(=O)[nH]c(C3CC3)n2)c1. The number of hydrogen-bond acceptors (Lipinski definition) is 5. The molecule has 0 unspecified atom stereocenters. The van der Waals surface area contributed by atoms with Gasteiger partial charge in [-0.3, -0.25) is 4.79 Å². The minimum absolute atomic E-state index is 0.224. The molecule has 0 amide bonds. The van der Waals surface area contributed by atoms with E-state index in [0.717, 1.165) is 12.8 Å². The van der Waals surface area contributed by atoms with Crippen molar-refractivity contribution < 1.29 is 9.47 Å². The van der Waals surface area contributed by atoms with Gasteiger partial charge in [-0.25, -0.2) is 0 Å². The number of anilines is 1. The number of nitrogen functional groups attached to an aromatic ring is 1. The highest BCUT2D eigenvalue weighted by atomic mass is 16.5. The van der Waals surface area contributed by atoms with Gasteiger partial charge < -0.3 is 20.2 Å². The Morgan fingerprint density at radius 3 is 2.85 bits per heavy atom. The highest BCUT2D eigenvalue weighted by molar-refractivity contribution is 5.56. The van der Waals surface area contributed by atoms with Crippen LogP contribution in [0.2, 0.25) is 0 Å². The van der Waals surface area contributed by atoms with Gasteiger partial charge >= 0.3 is 0 Å². The molecule has 0 bridgehead atoms. The lowest BCUT2D eigenvalue weighted by Gasteiger charge is -2.09. The van der Waals surface area contributed by atoms with Crippen LogP contribution in [0.1, 0.15) is 24.6 Å². The third-order valence-corrected chi connectivity index (χ3v) is 3.14. The van der Waals surface area contributed by atoms with Crippen molar-refractivity contribution in [3.63, 3.8) is 0 Å². The number of nitrogens with zero attached hydrogens (tertiary/aromatic N) is 1. The maximum atomic E-state index is 11.6. The smallest absolute Gasteiger partial charge is 0.254 e. The van der Waals surface area contributed by atoms with Crippen LogP contribution in [0.15, 0.2) is 29.1 Å². The summed E-state index contributed by atoms with van der Waals surface area (Å²) in [5.74, 6) is 2.31. The van der Waals surface area contributed by atoms with Gasteiger partial charge in [-0.15, -0.1) is 0 Å². The van der Waals surface area contributed by atoms with Crippen molar-refractivity contribution >= 4 is 5.69 Å².